The average Bonchev–Trinajstić information content (AvgIpc) is 3.34. The van der Waals surface area contributed by atoms with Crippen LogP contribution in [-0.2, 0) is 11.2 Å². The molecule has 1 aliphatic carbocycles. The molecule has 1 aliphatic heterocycles. The van der Waals surface area contributed by atoms with E-state index in [2.05, 4.69) is 0 Å². The zero-order valence-corrected chi connectivity index (χ0v) is 19.5. The maximum atomic E-state index is 10.6. The lowest BCUT2D eigenvalue weighted by Gasteiger charge is -2.34. The van der Waals surface area contributed by atoms with Crippen molar-refractivity contribution in [3.8, 4) is 28.7 Å². The summed E-state index contributed by atoms with van der Waals surface area (Å²) in [6, 6.07) is 8.57. The third-order valence-corrected chi connectivity index (χ3v) is 6.63. The second-order valence-electron chi connectivity index (χ2n) is 9.08. The normalized spacial score (nSPS) is 23.1. The van der Waals surface area contributed by atoms with Gasteiger partial charge < -0.3 is 39.4 Å². The first-order valence-electron chi connectivity index (χ1n) is 11.9. The van der Waals surface area contributed by atoms with Gasteiger partial charge in [-0.25, -0.2) is 0 Å². The van der Waals surface area contributed by atoms with Crippen LogP contribution in [0.4, 0.5) is 0 Å². The molecule has 2 fully saturated rings. The van der Waals surface area contributed by atoms with E-state index in [1.54, 1.807) is 24.3 Å². The summed E-state index contributed by atoms with van der Waals surface area (Å²) < 4.78 is 22.9. The standard InChI is InChI=1S/C26H34O8/c1-31-24-11-17(12-25(26(24)30)33-19-4-2-3-5-19)22-14-18(28)13-20(34-22)8-6-16-7-9-21(29)23(10-16)32-15-27/h7,9-12,18-20,22,27-30H,2-6,8,13-15H2,1H3. The number of phenols is 2. The summed E-state index contributed by atoms with van der Waals surface area (Å²) in [6.07, 6.45) is 5.50. The van der Waals surface area contributed by atoms with E-state index in [1.165, 1.54) is 13.2 Å². The predicted octanol–water partition coefficient (Wildman–Crippen LogP) is 3.97. The fourth-order valence-electron chi connectivity index (χ4n) is 4.84. The summed E-state index contributed by atoms with van der Waals surface area (Å²) in [6.45, 7) is -0.515. The van der Waals surface area contributed by atoms with Crippen LogP contribution in [-0.4, -0.2) is 52.6 Å². The molecular formula is C26H34O8. The van der Waals surface area contributed by atoms with Gasteiger partial charge in [-0.3, -0.25) is 0 Å². The van der Waals surface area contributed by atoms with Gasteiger partial charge in [-0.05, 0) is 80.3 Å². The summed E-state index contributed by atoms with van der Waals surface area (Å²) >= 11 is 0. The molecule has 2 aromatic carbocycles. The summed E-state index contributed by atoms with van der Waals surface area (Å²) in [5.41, 5.74) is 1.73. The van der Waals surface area contributed by atoms with Crippen molar-refractivity contribution in [1.82, 2.24) is 0 Å². The topological polar surface area (TPSA) is 118 Å². The number of aryl methyl sites for hydroxylation is 1. The van der Waals surface area contributed by atoms with E-state index in [-0.39, 0.29) is 35.6 Å². The van der Waals surface area contributed by atoms with Crippen LogP contribution in [0.2, 0.25) is 0 Å². The highest BCUT2D eigenvalue weighted by molar-refractivity contribution is 5.53. The fraction of sp³-hybridized carbons (Fsp3) is 0.538. The summed E-state index contributed by atoms with van der Waals surface area (Å²) in [4.78, 5) is 0. The number of benzene rings is 2. The van der Waals surface area contributed by atoms with Crippen LogP contribution >= 0.6 is 0 Å². The molecule has 0 bridgehead atoms. The van der Waals surface area contributed by atoms with Gasteiger partial charge >= 0.3 is 0 Å². The first-order valence-corrected chi connectivity index (χ1v) is 11.9. The number of hydrogen-bond donors (Lipinski definition) is 4. The molecular weight excluding hydrogens is 440 g/mol. The van der Waals surface area contributed by atoms with Crippen LogP contribution in [0.3, 0.4) is 0 Å². The fourth-order valence-corrected chi connectivity index (χ4v) is 4.84. The van der Waals surface area contributed by atoms with E-state index >= 15 is 0 Å². The minimum Gasteiger partial charge on any atom is -0.504 e. The van der Waals surface area contributed by atoms with Gasteiger partial charge in [0.1, 0.15) is 0 Å². The highest BCUT2D eigenvalue weighted by Crippen LogP contribution is 2.43. The molecule has 0 aromatic heterocycles. The van der Waals surface area contributed by atoms with Crippen LogP contribution in [0, 0.1) is 0 Å². The molecule has 2 aromatic rings. The van der Waals surface area contributed by atoms with E-state index < -0.39 is 12.9 Å². The van der Waals surface area contributed by atoms with Crippen molar-refractivity contribution < 1.29 is 39.4 Å². The summed E-state index contributed by atoms with van der Waals surface area (Å²) in [7, 11) is 1.50. The van der Waals surface area contributed by atoms with Gasteiger partial charge in [-0.15, -0.1) is 0 Å². The Hall–Kier alpha value is -2.68. The highest BCUT2D eigenvalue weighted by Gasteiger charge is 2.31. The molecule has 0 amide bonds. The second-order valence-corrected chi connectivity index (χ2v) is 9.08. The average molecular weight is 475 g/mol. The van der Waals surface area contributed by atoms with Crippen LogP contribution in [0.25, 0.3) is 0 Å². The first-order chi connectivity index (χ1) is 16.5. The number of aliphatic hydroxyl groups excluding tert-OH is 2. The van der Waals surface area contributed by atoms with Crippen molar-refractivity contribution in [2.75, 3.05) is 13.9 Å². The lowest BCUT2D eigenvalue weighted by Crippen LogP contribution is -2.31. The first kappa shape index (κ1) is 24.4. The van der Waals surface area contributed by atoms with Crippen LogP contribution < -0.4 is 14.2 Å². The number of aromatic hydroxyl groups is 2. The van der Waals surface area contributed by atoms with Gasteiger partial charge in [0, 0.05) is 6.42 Å². The van der Waals surface area contributed by atoms with Gasteiger partial charge in [0.15, 0.2) is 29.8 Å². The number of aliphatic hydroxyl groups is 2. The molecule has 2 aliphatic rings. The second kappa shape index (κ2) is 11.2. The van der Waals surface area contributed by atoms with E-state index in [0.717, 1.165) is 36.8 Å². The molecule has 0 radical (unpaired) electrons. The van der Waals surface area contributed by atoms with Crippen molar-refractivity contribution in [3.05, 3.63) is 41.5 Å². The minimum absolute atomic E-state index is 0.0145. The molecule has 8 nitrogen and oxygen atoms in total. The Bertz CT molecular complexity index is 956. The Kier molecular flexibility index (Phi) is 8.03. The Balaban J connectivity index is 1.46. The zero-order chi connectivity index (χ0) is 24.1. The zero-order valence-electron chi connectivity index (χ0n) is 19.5. The van der Waals surface area contributed by atoms with E-state index in [1.807, 2.05) is 0 Å². The summed E-state index contributed by atoms with van der Waals surface area (Å²) in [5.74, 6) is 0.903. The molecule has 1 saturated heterocycles. The third kappa shape index (κ3) is 5.87. The maximum absolute atomic E-state index is 10.6. The number of methoxy groups -OCH3 is 1. The predicted molar refractivity (Wildman–Crippen MR) is 125 cm³/mol. The van der Waals surface area contributed by atoms with Crippen LogP contribution in [0.1, 0.15) is 62.2 Å². The molecule has 1 saturated carbocycles. The van der Waals surface area contributed by atoms with Crippen molar-refractivity contribution in [2.24, 2.45) is 0 Å². The summed E-state index contributed by atoms with van der Waals surface area (Å²) in [5, 5.41) is 39.9. The number of hydrogen-bond acceptors (Lipinski definition) is 8. The van der Waals surface area contributed by atoms with Gasteiger partial charge in [0.2, 0.25) is 5.75 Å². The van der Waals surface area contributed by atoms with E-state index in [4.69, 9.17) is 24.1 Å². The molecule has 4 N–H and O–H groups in total. The minimum atomic E-state index is -0.518. The van der Waals surface area contributed by atoms with E-state index in [9.17, 15) is 15.3 Å². The van der Waals surface area contributed by atoms with Crippen molar-refractivity contribution in [2.45, 2.75) is 75.8 Å². The van der Waals surface area contributed by atoms with Crippen molar-refractivity contribution in [3.63, 3.8) is 0 Å². The van der Waals surface area contributed by atoms with Crippen LogP contribution in [0.5, 0.6) is 28.7 Å². The van der Waals surface area contributed by atoms with E-state index in [0.29, 0.717) is 37.2 Å². The highest BCUT2D eigenvalue weighted by atomic mass is 16.6. The molecule has 3 atom stereocenters. The molecule has 0 spiro atoms. The van der Waals surface area contributed by atoms with Crippen molar-refractivity contribution >= 4 is 0 Å². The lowest BCUT2D eigenvalue weighted by molar-refractivity contribution is -0.0999. The SMILES string of the molecule is COc1cc(C2CC(O)CC(CCc3ccc(O)c(OCO)c3)O2)cc(OC2CCCC2)c1O. The monoisotopic (exact) mass is 474 g/mol. The van der Waals surface area contributed by atoms with Gasteiger partial charge in [-0.1, -0.05) is 6.07 Å². The molecule has 186 valence electrons. The molecule has 34 heavy (non-hydrogen) atoms. The Morgan fingerprint density at radius 1 is 1.00 bits per heavy atom. The molecule has 8 heteroatoms. The van der Waals surface area contributed by atoms with Gasteiger partial charge in [-0.2, -0.15) is 0 Å². The van der Waals surface area contributed by atoms with Crippen LogP contribution in [0.15, 0.2) is 30.3 Å². The Labute approximate surface area is 199 Å². The molecule has 1 heterocycles. The lowest BCUT2D eigenvalue weighted by atomic mass is 9.93. The number of ether oxygens (including phenoxy) is 4. The van der Waals surface area contributed by atoms with Gasteiger partial charge in [0.25, 0.3) is 0 Å². The maximum Gasteiger partial charge on any atom is 0.200 e. The number of phenolic OH excluding ortho intramolecular Hbond substituents is 2. The smallest absolute Gasteiger partial charge is 0.200 e. The third-order valence-electron chi connectivity index (χ3n) is 6.63. The largest absolute Gasteiger partial charge is 0.504 e. The van der Waals surface area contributed by atoms with Crippen molar-refractivity contribution in [1.29, 1.82) is 0 Å². The number of rotatable bonds is 9. The Morgan fingerprint density at radius 2 is 1.76 bits per heavy atom. The quantitative estimate of drug-likeness (QED) is 0.403. The molecule has 3 unspecified atom stereocenters. The molecule has 4 rings (SSSR count). The Morgan fingerprint density at radius 3 is 2.50 bits per heavy atom. The van der Waals surface area contributed by atoms with Gasteiger partial charge in [0.05, 0.1) is 31.5 Å².